The van der Waals surface area contributed by atoms with E-state index in [1.807, 2.05) is 0 Å². The molecule has 2 rings (SSSR count). The van der Waals surface area contributed by atoms with Crippen molar-refractivity contribution in [2.75, 3.05) is 26.3 Å². The zero-order chi connectivity index (χ0) is 10.6. The Morgan fingerprint density at radius 3 is 3.07 bits per heavy atom. The second-order valence-electron chi connectivity index (χ2n) is 5.23. The smallest absolute Gasteiger partial charge is 0.0645 e. The van der Waals surface area contributed by atoms with Crippen molar-refractivity contribution in [2.45, 2.75) is 50.6 Å². The fourth-order valence-corrected chi connectivity index (χ4v) is 2.62. The Morgan fingerprint density at radius 2 is 2.40 bits per heavy atom. The van der Waals surface area contributed by atoms with Crippen LogP contribution in [0.2, 0.25) is 0 Å². The molecule has 88 valence electrons. The van der Waals surface area contributed by atoms with Gasteiger partial charge in [0.25, 0.3) is 0 Å². The first-order valence-electron chi connectivity index (χ1n) is 6.35. The van der Waals surface area contributed by atoms with E-state index in [0.717, 1.165) is 25.8 Å². The monoisotopic (exact) mass is 212 g/mol. The Morgan fingerprint density at radius 1 is 1.47 bits per heavy atom. The van der Waals surface area contributed by atoms with Crippen molar-refractivity contribution in [3.8, 4) is 0 Å². The molecule has 0 aromatic rings. The fourth-order valence-electron chi connectivity index (χ4n) is 2.62. The van der Waals surface area contributed by atoms with Crippen LogP contribution in [0.3, 0.4) is 0 Å². The molecule has 2 saturated heterocycles. The lowest BCUT2D eigenvalue weighted by Crippen LogP contribution is -2.49. The van der Waals surface area contributed by atoms with Gasteiger partial charge in [0, 0.05) is 18.2 Å². The van der Waals surface area contributed by atoms with E-state index in [1.165, 1.54) is 38.6 Å². The predicted molar refractivity (Wildman–Crippen MR) is 62.1 cm³/mol. The molecule has 15 heavy (non-hydrogen) atoms. The molecule has 0 radical (unpaired) electrons. The van der Waals surface area contributed by atoms with E-state index < -0.39 is 0 Å². The van der Waals surface area contributed by atoms with Gasteiger partial charge in [0.2, 0.25) is 0 Å². The second kappa shape index (κ2) is 5.28. The lowest BCUT2D eigenvalue weighted by atomic mass is 9.94. The highest BCUT2D eigenvalue weighted by molar-refractivity contribution is 4.86. The molecule has 2 N–H and O–H groups in total. The van der Waals surface area contributed by atoms with Crippen LogP contribution in [0.25, 0.3) is 0 Å². The first-order chi connectivity index (χ1) is 7.29. The summed E-state index contributed by atoms with van der Waals surface area (Å²) in [4.78, 5) is 0. The van der Waals surface area contributed by atoms with Crippen LogP contribution in [0.4, 0.5) is 0 Å². The Kier molecular flexibility index (Phi) is 4.00. The Hall–Kier alpha value is -0.120. The van der Waals surface area contributed by atoms with E-state index in [9.17, 15) is 0 Å². The Bertz CT molecular complexity index is 184. The number of ether oxygens (including phenoxy) is 1. The van der Waals surface area contributed by atoms with Crippen LogP contribution in [0.15, 0.2) is 0 Å². The quantitative estimate of drug-likeness (QED) is 0.736. The SMILES string of the molecule is CC1(NCCC2CCCN2)CCCOC1. The van der Waals surface area contributed by atoms with Crippen molar-refractivity contribution in [3.05, 3.63) is 0 Å². The van der Waals surface area contributed by atoms with Crippen molar-refractivity contribution in [1.82, 2.24) is 10.6 Å². The third-order valence-corrected chi connectivity index (χ3v) is 3.64. The third kappa shape index (κ3) is 3.44. The molecule has 2 fully saturated rings. The third-order valence-electron chi connectivity index (χ3n) is 3.64. The van der Waals surface area contributed by atoms with Crippen molar-refractivity contribution in [3.63, 3.8) is 0 Å². The first kappa shape index (κ1) is 11.4. The summed E-state index contributed by atoms with van der Waals surface area (Å²) in [6.07, 6.45) is 6.42. The first-order valence-corrected chi connectivity index (χ1v) is 6.35. The maximum absolute atomic E-state index is 5.53. The molecular weight excluding hydrogens is 188 g/mol. The van der Waals surface area contributed by atoms with Gasteiger partial charge in [-0.15, -0.1) is 0 Å². The minimum absolute atomic E-state index is 0.233. The van der Waals surface area contributed by atoms with Crippen LogP contribution in [-0.4, -0.2) is 37.9 Å². The molecule has 2 aliphatic rings. The highest BCUT2D eigenvalue weighted by Gasteiger charge is 2.26. The van der Waals surface area contributed by atoms with Crippen LogP contribution < -0.4 is 10.6 Å². The standard InChI is InChI=1S/C12H24N2O/c1-12(6-3-9-15-10-12)14-8-5-11-4-2-7-13-11/h11,13-14H,2-10H2,1H3. The molecule has 3 nitrogen and oxygen atoms in total. The van der Waals surface area contributed by atoms with Crippen molar-refractivity contribution in [1.29, 1.82) is 0 Å². The molecule has 2 unspecified atom stereocenters. The average Bonchev–Trinajstić information content (AvgIpc) is 2.71. The summed E-state index contributed by atoms with van der Waals surface area (Å²) in [5, 5.41) is 7.20. The van der Waals surface area contributed by atoms with Crippen LogP contribution >= 0.6 is 0 Å². The topological polar surface area (TPSA) is 33.3 Å². The number of hydrogen-bond donors (Lipinski definition) is 2. The van der Waals surface area contributed by atoms with Gasteiger partial charge in [0.05, 0.1) is 6.61 Å². The van der Waals surface area contributed by atoms with E-state index in [1.54, 1.807) is 0 Å². The van der Waals surface area contributed by atoms with Gasteiger partial charge in [-0.2, -0.15) is 0 Å². The molecule has 0 saturated carbocycles. The minimum atomic E-state index is 0.233. The summed E-state index contributed by atoms with van der Waals surface area (Å²) in [7, 11) is 0. The summed E-state index contributed by atoms with van der Waals surface area (Å²) in [6.45, 7) is 6.45. The predicted octanol–water partition coefficient (Wildman–Crippen LogP) is 1.29. The zero-order valence-corrected chi connectivity index (χ0v) is 9.85. The number of rotatable bonds is 4. The van der Waals surface area contributed by atoms with E-state index in [0.29, 0.717) is 0 Å². The van der Waals surface area contributed by atoms with Gasteiger partial charge >= 0.3 is 0 Å². The molecule has 2 atom stereocenters. The lowest BCUT2D eigenvalue weighted by molar-refractivity contribution is 0.0284. The van der Waals surface area contributed by atoms with Gasteiger partial charge in [-0.3, -0.25) is 0 Å². The van der Waals surface area contributed by atoms with Gasteiger partial charge in [0.15, 0.2) is 0 Å². The molecule has 0 amide bonds. The molecule has 0 spiro atoms. The summed E-state index contributed by atoms with van der Waals surface area (Å²) < 4.78 is 5.53. The molecular formula is C12H24N2O. The van der Waals surface area contributed by atoms with Gasteiger partial charge in [0.1, 0.15) is 0 Å². The van der Waals surface area contributed by atoms with Crippen LogP contribution in [0.5, 0.6) is 0 Å². The van der Waals surface area contributed by atoms with E-state index >= 15 is 0 Å². The van der Waals surface area contributed by atoms with Crippen molar-refractivity contribution < 1.29 is 4.74 Å². The maximum atomic E-state index is 5.53. The van der Waals surface area contributed by atoms with Crippen molar-refractivity contribution >= 4 is 0 Å². The summed E-state index contributed by atoms with van der Waals surface area (Å²) in [5.41, 5.74) is 0.233. The van der Waals surface area contributed by atoms with Crippen LogP contribution in [0, 0.1) is 0 Å². The fraction of sp³-hybridized carbons (Fsp3) is 1.00. The summed E-state index contributed by atoms with van der Waals surface area (Å²) >= 11 is 0. The number of nitrogens with one attached hydrogen (secondary N) is 2. The Labute approximate surface area is 93.0 Å². The largest absolute Gasteiger partial charge is 0.380 e. The normalized spacial score (nSPS) is 37.0. The Balaban J connectivity index is 1.63. The number of hydrogen-bond acceptors (Lipinski definition) is 3. The van der Waals surface area contributed by atoms with E-state index in [2.05, 4.69) is 17.6 Å². The van der Waals surface area contributed by atoms with E-state index in [-0.39, 0.29) is 5.54 Å². The van der Waals surface area contributed by atoms with E-state index in [4.69, 9.17) is 4.74 Å². The van der Waals surface area contributed by atoms with Gasteiger partial charge in [-0.25, -0.2) is 0 Å². The molecule has 0 aliphatic carbocycles. The van der Waals surface area contributed by atoms with Crippen LogP contribution in [0.1, 0.15) is 39.0 Å². The maximum Gasteiger partial charge on any atom is 0.0645 e. The van der Waals surface area contributed by atoms with Gasteiger partial charge < -0.3 is 15.4 Å². The minimum Gasteiger partial charge on any atom is -0.380 e. The molecule has 0 bridgehead atoms. The van der Waals surface area contributed by atoms with Crippen molar-refractivity contribution in [2.24, 2.45) is 0 Å². The average molecular weight is 212 g/mol. The lowest BCUT2D eigenvalue weighted by Gasteiger charge is -2.34. The second-order valence-corrected chi connectivity index (χ2v) is 5.23. The molecule has 3 heteroatoms. The zero-order valence-electron chi connectivity index (χ0n) is 9.85. The van der Waals surface area contributed by atoms with Gasteiger partial charge in [-0.1, -0.05) is 0 Å². The highest BCUT2D eigenvalue weighted by atomic mass is 16.5. The molecule has 0 aromatic heterocycles. The van der Waals surface area contributed by atoms with Gasteiger partial charge in [-0.05, 0) is 52.1 Å². The molecule has 0 aromatic carbocycles. The summed E-state index contributed by atoms with van der Waals surface area (Å²) in [6, 6.07) is 0.755. The van der Waals surface area contributed by atoms with Crippen LogP contribution in [-0.2, 0) is 4.74 Å². The molecule has 2 heterocycles. The highest BCUT2D eigenvalue weighted by Crippen LogP contribution is 2.18. The summed E-state index contributed by atoms with van der Waals surface area (Å²) in [5.74, 6) is 0. The molecule has 2 aliphatic heterocycles.